The molecule has 3 aromatic rings. The summed E-state index contributed by atoms with van der Waals surface area (Å²) in [5.41, 5.74) is 3.01. The molecule has 1 aliphatic rings. The van der Waals surface area contributed by atoms with Crippen LogP contribution in [0.4, 0.5) is 4.39 Å². The standard InChI is InChI=1S/C24H26FN5O2/c1-18-22(16-27-30(18)21-9-7-20(25)8-10-21)24(32)29-13-11-28(12-14-29)17-23(31)26-15-19-5-3-2-4-6-19/h2-10,16H,11-15,17H2,1H3,(H,26,31). The Balaban J connectivity index is 1.29. The summed E-state index contributed by atoms with van der Waals surface area (Å²) in [4.78, 5) is 29.1. The van der Waals surface area contributed by atoms with Gasteiger partial charge in [-0.2, -0.15) is 5.10 Å². The molecule has 1 saturated heterocycles. The highest BCUT2D eigenvalue weighted by Gasteiger charge is 2.26. The van der Waals surface area contributed by atoms with Crippen LogP contribution in [0.5, 0.6) is 0 Å². The lowest BCUT2D eigenvalue weighted by Gasteiger charge is -2.34. The van der Waals surface area contributed by atoms with Gasteiger partial charge in [-0.3, -0.25) is 14.5 Å². The number of hydrogen-bond donors (Lipinski definition) is 1. The number of benzene rings is 2. The lowest BCUT2D eigenvalue weighted by atomic mass is 10.2. The van der Waals surface area contributed by atoms with Crippen LogP contribution in [0.3, 0.4) is 0 Å². The maximum absolute atomic E-state index is 13.2. The monoisotopic (exact) mass is 435 g/mol. The Bertz CT molecular complexity index is 1070. The Morgan fingerprint density at radius 1 is 1.00 bits per heavy atom. The second-order valence-corrected chi connectivity index (χ2v) is 7.86. The van der Waals surface area contributed by atoms with Crippen molar-refractivity contribution in [2.24, 2.45) is 0 Å². The molecule has 1 aliphatic heterocycles. The third-order valence-corrected chi connectivity index (χ3v) is 5.67. The van der Waals surface area contributed by atoms with Crippen LogP contribution in [0.15, 0.2) is 60.8 Å². The van der Waals surface area contributed by atoms with Gasteiger partial charge in [0.2, 0.25) is 5.91 Å². The number of amides is 2. The van der Waals surface area contributed by atoms with Crippen molar-refractivity contribution < 1.29 is 14.0 Å². The van der Waals surface area contributed by atoms with Crippen LogP contribution in [-0.2, 0) is 11.3 Å². The van der Waals surface area contributed by atoms with Crippen LogP contribution in [0.1, 0.15) is 21.6 Å². The van der Waals surface area contributed by atoms with Crippen LogP contribution in [0.25, 0.3) is 5.69 Å². The van der Waals surface area contributed by atoms with Gasteiger partial charge in [0, 0.05) is 32.7 Å². The van der Waals surface area contributed by atoms with E-state index < -0.39 is 0 Å². The van der Waals surface area contributed by atoms with Gasteiger partial charge in [-0.1, -0.05) is 30.3 Å². The second kappa shape index (κ2) is 9.74. The summed E-state index contributed by atoms with van der Waals surface area (Å²) < 4.78 is 14.8. The molecule has 1 aromatic heterocycles. The fourth-order valence-corrected chi connectivity index (χ4v) is 3.80. The molecule has 0 saturated carbocycles. The predicted molar refractivity (Wildman–Crippen MR) is 119 cm³/mol. The number of nitrogens with one attached hydrogen (secondary N) is 1. The van der Waals surface area contributed by atoms with Gasteiger partial charge in [-0.15, -0.1) is 0 Å². The minimum atomic E-state index is -0.318. The third-order valence-electron chi connectivity index (χ3n) is 5.67. The average Bonchev–Trinajstić information content (AvgIpc) is 3.20. The lowest BCUT2D eigenvalue weighted by Crippen LogP contribution is -2.51. The number of piperazine rings is 1. The molecule has 7 nitrogen and oxygen atoms in total. The highest BCUT2D eigenvalue weighted by Crippen LogP contribution is 2.17. The number of carbonyl (C=O) groups is 2. The van der Waals surface area contributed by atoms with Crippen molar-refractivity contribution in [3.63, 3.8) is 0 Å². The van der Waals surface area contributed by atoms with E-state index >= 15 is 0 Å². The SMILES string of the molecule is Cc1c(C(=O)N2CCN(CC(=O)NCc3ccccc3)CC2)cnn1-c1ccc(F)cc1. The summed E-state index contributed by atoms with van der Waals surface area (Å²) in [7, 11) is 0. The van der Waals surface area contributed by atoms with E-state index in [9.17, 15) is 14.0 Å². The number of hydrogen-bond acceptors (Lipinski definition) is 4. The molecule has 166 valence electrons. The first-order valence-electron chi connectivity index (χ1n) is 10.6. The van der Waals surface area contributed by atoms with Crippen molar-refractivity contribution in [2.75, 3.05) is 32.7 Å². The van der Waals surface area contributed by atoms with Gasteiger partial charge in [-0.25, -0.2) is 9.07 Å². The molecule has 0 bridgehead atoms. The zero-order valence-corrected chi connectivity index (χ0v) is 18.0. The molecule has 1 N–H and O–H groups in total. The van der Waals surface area contributed by atoms with E-state index in [1.165, 1.54) is 12.1 Å². The fourth-order valence-electron chi connectivity index (χ4n) is 3.80. The van der Waals surface area contributed by atoms with Crippen molar-refractivity contribution in [3.8, 4) is 5.69 Å². The highest BCUT2D eigenvalue weighted by molar-refractivity contribution is 5.95. The number of rotatable bonds is 6. The van der Waals surface area contributed by atoms with E-state index in [1.807, 2.05) is 37.3 Å². The summed E-state index contributed by atoms with van der Waals surface area (Å²) in [5.74, 6) is -0.421. The fraction of sp³-hybridized carbons (Fsp3) is 0.292. The molecule has 2 heterocycles. The van der Waals surface area contributed by atoms with Crippen molar-refractivity contribution >= 4 is 11.8 Å². The number of halogens is 1. The smallest absolute Gasteiger partial charge is 0.257 e. The summed E-state index contributed by atoms with van der Waals surface area (Å²) in [6.45, 7) is 5.02. The molecule has 32 heavy (non-hydrogen) atoms. The number of aromatic nitrogens is 2. The summed E-state index contributed by atoms with van der Waals surface area (Å²) in [6.07, 6.45) is 1.56. The average molecular weight is 436 g/mol. The molecule has 2 amide bonds. The van der Waals surface area contributed by atoms with Crippen LogP contribution in [-0.4, -0.2) is 64.1 Å². The van der Waals surface area contributed by atoms with Gasteiger partial charge in [0.05, 0.1) is 29.7 Å². The Kier molecular flexibility index (Phi) is 6.61. The van der Waals surface area contributed by atoms with Crippen molar-refractivity contribution in [3.05, 3.63) is 83.4 Å². The summed E-state index contributed by atoms with van der Waals surface area (Å²) >= 11 is 0. The van der Waals surface area contributed by atoms with Crippen LogP contribution in [0, 0.1) is 12.7 Å². The van der Waals surface area contributed by atoms with Crippen molar-refractivity contribution in [1.82, 2.24) is 24.9 Å². The molecule has 0 aliphatic carbocycles. The van der Waals surface area contributed by atoms with Crippen LogP contribution in [0.2, 0.25) is 0 Å². The van der Waals surface area contributed by atoms with Gasteiger partial charge in [0.1, 0.15) is 5.82 Å². The topological polar surface area (TPSA) is 70.5 Å². The predicted octanol–water partition coefficient (Wildman–Crippen LogP) is 2.39. The molecule has 4 rings (SSSR count). The molecular weight excluding hydrogens is 409 g/mol. The van der Waals surface area contributed by atoms with Gasteiger partial charge >= 0.3 is 0 Å². The molecule has 0 unspecified atom stereocenters. The van der Waals surface area contributed by atoms with Gasteiger partial charge in [-0.05, 0) is 36.8 Å². The first-order chi connectivity index (χ1) is 15.5. The quantitative estimate of drug-likeness (QED) is 0.646. The molecule has 0 atom stereocenters. The summed E-state index contributed by atoms with van der Waals surface area (Å²) in [6, 6.07) is 15.8. The van der Waals surface area contributed by atoms with Crippen LogP contribution >= 0.6 is 0 Å². The van der Waals surface area contributed by atoms with E-state index in [4.69, 9.17) is 0 Å². The Morgan fingerprint density at radius 2 is 1.69 bits per heavy atom. The Labute approximate surface area is 186 Å². The zero-order chi connectivity index (χ0) is 22.5. The third kappa shape index (κ3) is 5.03. The molecule has 0 radical (unpaired) electrons. The lowest BCUT2D eigenvalue weighted by molar-refractivity contribution is -0.122. The number of nitrogens with zero attached hydrogens (tertiary/aromatic N) is 4. The van der Waals surface area contributed by atoms with E-state index in [-0.39, 0.29) is 17.6 Å². The second-order valence-electron chi connectivity index (χ2n) is 7.86. The van der Waals surface area contributed by atoms with E-state index in [1.54, 1.807) is 27.9 Å². The molecular formula is C24H26FN5O2. The maximum atomic E-state index is 13.2. The first kappa shape index (κ1) is 21.7. The Hall–Kier alpha value is -3.52. The molecule has 1 fully saturated rings. The normalized spacial score (nSPS) is 14.4. The summed E-state index contributed by atoms with van der Waals surface area (Å²) in [5, 5.41) is 7.25. The van der Waals surface area contributed by atoms with E-state index in [0.717, 1.165) is 5.56 Å². The van der Waals surface area contributed by atoms with Crippen molar-refractivity contribution in [1.29, 1.82) is 0 Å². The maximum Gasteiger partial charge on any atom is 0.257 e. The molecule has 8 heteroatoms. The largest absolute Gasteiger partial charge is 0.351 e. The molecule has 0 spiro atoms. The first-order valence-corrected chi connectivity index (χ1v) is 10.6. The van der Waals surface area contributed by atoms with Gasteiger partial charge in [0.15, 0.2) is 0 Å². The minimum Gasteiger partial charge on any atom is -0.351 e. The van der Waals surface area contributed by atoms with Gasteiger partial charge in [0.25, 0.3) is 5.91 Å². The van der Waals surface area contributed by atoms with Crippen molar-refractivity contribution in [2.45, 2.75) is 13.5 Å². The van der Waals surface area contributed by atoms with Crippen LogP contribution < -0.4 is 5.32 Å². The minimum absolute atomic E-state index is 0.0231. The highest BCUT2D eigenvalue weighted by atomic mass is 19.1. The van der Waals surface area contributed by atoms with E-state index in [0.29, 0.717) is 56.2 Å². The van der Waals surface area contributed by atoms with Gasteiger partial charge < -0.3 is 10.2 Å². The molecule has 2 aromatic carbocycles. The zero-order valence-electron chi connectivity index (χ0n) is 18.0. The van der Waals surface area contributed by atoms with E-state index in [2.05, 4.69) is 15.3 Å². The Morgan fingerprint density at radius 3 is 2.38 bits per heavy atom. The number of carbonyl (C=O) groups excluding carboxylic acids is 2.